The molecular weight excluding hydrogens is 152 g/mol. The highest BCUT2D eigenvalue weighted by molar-refractivity contribution is 5.28. The zero-order chi connectivity index (χ0) is 8.97. The van der Waals surface area contributed by atoms with Gasteiger partial charge in [-0.1, -0.05) is 13.8 Å². The van der Waals surface area contributed by atoms with Gasteiger partial charge < -0.3 is 0 Å². The Morgan fingerprint density at radius 2 is 2.17 bits per heavy atom. The number of nitrogen functional groups attached to an aromatic ring is 1. The Morgan fingerprint density at radius 1 is 1.42 bits per heavy atom. The minimum Gasteiger partial charge on any atom is -0.292 e. The summed E-state index contributed by atoms with van der Waals surface area (Å²) in [4.78, 5) is 8.26. The van der Waals surface area contributed by atoms with E-state index in [2.05, 4.69) is 29.2 Å². The van der Waals surface area contributed by atoms with E-state index in [-0.39, 0.29) is 0 Å². The second kappa shape index (κ2) is 4.01. The molecule has 0 spiro atoms. The minimum absolute atomic E-state index is 0.490. The molecule has 0 aliphatic carbocycles. The number of nitrogens with two attached hydrogens (primary N) is 1. The Labute approximate surface area is 72.2 Å². The molecule has 1 rings (SSSR count). The molecule has 0 fully saturated rings. The van der Waals surface area contributed by atoms with Crippen LogP contribution in [0.4, 0.5) is 5.95 Å². The van der Waals surface area contributed by atoms with E-state index >= 15 is 0 Å². The van der Waals surface area contributed by atoms with Crippen LogP contribution in [-0.4, -0.2) is 9.97 Å². The van der Waals surface area contributed by atoms with Gasteiger partial charge in [0.2, 0.25) is 5.95 Å². The molecule has 0 saturated heterocycles. The van der Waals surface area contributed by atoms with Gasteiger partial charge in [-0.05, 0) is 18.4 Å². The van der Waals surface area contributed by atoms with Crippen LogP contribution in [0.3, 0.4) is 0 Å². The van der Waals surface area contributed by atoms with E-state index in [4.69, 9.17) is 5.84 Å². The number of aromatic nitrogens is 2. The second-order valence-corrected chi connectivity index (χ2v) is 2.52. The molecule has 0 aliphatic rings. The number of rotatable bonds is 3. The summed E-state index contributed by atoms with van der Waals surface area (Å²) in [6, 6.07) is 0. The largest absolute Gasteiger partial charge is 0.292 e. The molecule has 4 heteroatoms. The molecule has 0 aliphatic heterocycles. The van der Waals surface area contributed by atoms with Crippen molar-refractivity contribution in [3.05, 3.63) is 17.5 Å². The maximum absolute atomic E-state index is 5.19. The normalized spacial score (nSPS) is 9.92. The number of nitrogens with zero attached hydrogens (tertiary/aromatic N) is 2. The first kappa shape index (κ1) is 8.93. The molecule has 1 aromatic rings. The molecule has 0 amide bonds. The summed E-state index contributed by atoms with van der Waals surface area (Å²) in [6.45, 7) is 4.16. The molecular formula is C8H14N4. The Balaban J connectivity index is 3.02. The van der Waals surface area contributed by atoms with E-state index in [1.165, 1.54) is 5.56 Å². The third-order valence-corrected chi connectivity index (χ3v) is 1.80. The average molecular weight is 166 g/mol. The van der Waals surface area contributed by atoms with Crippen LogP contribution in [0.1, 0.15) is 25.1 Å². The van der Waals surface area contributed by atoms with Gasteiger partial charge in [-0.25, -0.2) is 15.8 Å². The highest BCUT2D eigenvalue weighted by Gasteiger charge is 2.01. The van der Waals surface area contributed by atoms with Crippen molar-refractivity contribution in [3.8, 4) is 0 Å². The molecule has 0 bridgehead atoms. The van der Waals surface area contributed by atoms with Crippen molar-refractivity contribution in [3.63, 3.8) is 0 Å². The molecule has 4 nitrogen and oxygen atoms in total. The smallest absolute Gasteiger partial charge is 0.237 e. The fraction of sp³-hybridized carbons (Fsp3) is 0.500. The number of hydrazine groups is 1. The maximum atomic E-state index is 5.19. The highest BCUT2D eigenvalue weighted by Crippen LogP contribution is 2.08. The van der Waals surface area contributed by atoms with Gasteiger partial charge in [0, 0.05) is 11.9 Å². The molecule has 1 heterocycles. The van der Waals surface area contributed by atoms with Crippen molar-refractivity contribution < 1.29 is 0 Å². The Hall–Kier alpha value is -1.16. The SMILES string of the molecule is CCc1cnc(NN)nc1CC. The topological polar surface area (TPSA) is 63.8 Å². The van der Waals surface area contributed by atoms with E-state index in [0.29, 0.717) is 5.95 Å². The van der Waals surface area contributed by atoms with Crippen molar-refractivity contribution in [1.29, 1.82) is 0 Å². The number of aryl methyl sites for hydroxylation is 2. The van der Waals surface area contributed by atoms with Gasteiger partial charge in [-0.15, -0.1) is 0 Å². The van der Waals surface area contributed by atoms with Gasteiger partial charge in [-0.3, -0.25) is 5.43 Å². The van der Waals surface area contributed by atoms with E-state index in [1.54, 1.807) is 0 Å². The predicted molar refractivity (Wildman–Crippen MR) is 48.6 cm³/mol. The van der Waals surface area contributed by atoms with Crippen LogP contribution in [0.2, 0.25) is 0 Å². The van der Waals surface area contributed by atoms with Crippen LogP contribution < -0.4 is 11.3 Å². The average Bonchev–Trinajstić information content (AvgIpc) is 2.16. The van der Waals surface area contributed by atoms with Gasteiger partial charge >= 0.3 is 0 Å². The highest BCUT2D eigenvalue weighted by atomic mass is 15.3. The lowest BCUT2D eigenvalue weighted by Gasteiger charge is -2.05. The van der Waals surface area contributed by atoms with Gasteiger partial charge in [0.15, 0.2) is 0 Å². The second-order valence-electron chi connectivity index (χ2n) is 2.52. The first-order chi connectivity index (χ1) is 5.81. The predicted octanol–water partition coefficient (Wildman–Crippen LogP) is 0.887. The third kappa shape index (κ3) is 1.71. The lowest BCUT2D eigenvalue weighted by Crippen LogP contribution is -2.12. The molecule has 0 radical (unpaired) electrons. The summed E-state index contributed by atoms with van der Waals surface area (Å²) in [5.74, 6) is 5.68. The van der Waals surface area contributed by atoms with Crippen molar-refractivity contribution in [2.24, 2.45) is 5.84 Å². The Bertz CT molecular complexity index is 259. The van der Waals surface area contributed by atoms with E-state index in [1.807, 2.05) is 6.20 Å². The van der Waals surface area contributed by atoms with Crippen LogP contribution in [0.15, 0.2) is 6.20 Å². The number of anilines is 1. The van der Waals surface area contributed by atoms with Gasteiger partial charge in [0.1, 0.15) is 0 Å². The number of nitrogens with one attached hydrogen (secondary N) is 1. The molecule has 0 aromatic carbocycles. The monoisotopic (exact) mass is 166 g/mol. The van der Waals surface area contributed by atoms with Crippen molar-refractivity contribution in [1.82, 2.24) is 9.97 Å². The maximum Gasteiger partial charge on any atom is 0.237 e. The summed E-state index contributed by atoms with van der Waals surface area (Å²) < 4.78 is 0. The van der Waals surface area contributed by atoms with Crippen LogP contribution in [0.5, 0.6) is 0 Å². The van der Waals surface area contributed by atoms with Crippen molar-refractivity contribution >= 4 is 5.95 Å². The van der Waals surface area contributed by atoms with Crippen LogP contribution >= 0.6 is 0 Å². The first-order valence-corrected chi connectivity index (χ1v) is 4.13. The summed E-state index contributed by atoms with van der Waals surface area (Å²) in [6.07, 6.45) is 3.70. The van der Waals surface area contributed by atoms with E-state index in [0.717, 1.165) is 18.5 Å². The molecule has 66 valence electrons. The molecule has 12 heavy (non-hydrogen) atoms. The Kier molecular flexibility index (Phi) is 2.99. The quantitative estimate of drug-likeness (QED) is 0.517. The zero-order valence-electron chi connectivity index (χ0n) is 7.46. The fourth-order valence-electron chi connectivity index (χ4n) is 1.11. The van der Waals surface area contributed by atoms with E-state index < -0.39 is 0 Å². The number of hydrogen-bond acceptors (Lipinski definition) is 4. The van der Waals surface area contributed by atoms with E-state index in [9.17, 15) is 0 Å². The molecule has 0 saturated carbocycles. The first-order valence-electron chi connectivity index (χ1n) is 4.13. The molecule has 3 N–H and O–H groups in total. The minimum atomic E-state index is 0.490. The standard InChI is InChI=1S/C8H14N4/c1-3-6-5-10-8(12-9)11-7(6)4-2/h5H,3-4,9H2,1-2H3,(H,10,11,12). The van der Waals surface area contributed by atoms with Crippen LogP contribution in [0.25, 0.3) is 0 Å². The van der Waals surface area contributed by atoms with Crippen molar-refractivity contribution in [2.75, 3.05) is 5.43 Å². The Morgan fingerprint density at radius 3 is 2.67 bits per heavy atom. The lowest BCUT2D eigenvalue weighted by molar-refractivity contribution is 0.928. The molecule has 0 unspecified atom stereocenters. The number of hydrogen-bond donors (Lipinski definition) is 2. The van der Waals surface area contributed by atoms with Gasteiger partial charge in [-0.2, -0.15) is 0 Å². The fourth-order valence-corrected chi connectivity index (χ4v) is 1.11. The molecule has 0 atom stereocenters. The van der Waals surface area contributed by atoms with Crippen molar-refractivity contribution in [2.45, 2.75) is 26.7 Å². The lowest BCUT2D eigenvalue weighted by atomic mass is 10.1. The summed E-state index contributed by atoms with van der Waals surface area (Å²) >= 11 is 0. The third-order valence-electron chi connectivity index (χ3n) is 1.80. The summed E-state index contributed by atoms with van der Waals surface area (Å²) in [7, 11) is 0. The van der Waals surface area contributed by atoms with Crippen LogP contribution in [-0.2, 0) is 12.8 Å². The van der Waals surface area contributed by atoms with Crippen LogP contribution in [0, 0.1) is 0 Å². The summed E-state index contributed by atoms with van der Waals surface area (Å²) in [5, 5.41) is 0. The zero-order valence-corrected chi connectivity index (χ0v) is 7.46. The summed E-state index contributed by atoms with van der Waals surface area (Å²) in [5.41, 5.74) is 4.69. The van der Waals surface area contributed by atoms with Gasteiger partial charge in [0.25, 0.3) is 0 Å². The van der Waals surface area contributed by atoms with Gasteiger partial charge in [0.05, 0.1) is 0 Å². The molecule has 1 aromatic heterocycles.